The van der Waals surface area contributed by atoms with Gasteiger partial charge in [0.2, 0.25) is 0 Å². The van der Waals surface area contributed by atoms with Gasteiger partial charge in [-0.1, -0.05) is 11.6 Å². The Labute approximate surface area is 142 Å². The first-order valence-corrected chi connectivity index (χ1v) is 7.50. The molecule has 0 unspecified atom stereocenters. The van der Waals surface area contributed by atoms with Crippen LogP contribution in [0.3, 0.4) is 0 Å². The quantitative estimate of drug-likeness (QED) is 0.305. The van der Waals surface area contributed by atoms with Crippen LogP contribution in [0, 0.1) is 17.0 Å². The second kappa shape index (κ2) is 5.98. The van der Waals surface area contributed by atoms with Gasteiger partial charge in [0.25, 0.3) is 5.69 Å². The smallest absolute Gasteiger partial charge is 0.308 e. The fourth-order valence-electron chi connectivity index (χ4n) is 2.76. The molecule has 3 aromatic rings. The summed E-state index contributed by atoms with van der Waals surface area (Å²) in [5, 5.41) is 12.5. The van der Waals surface area contributed by atoms with Crippen LogP contribution in [-0.2, 0) is 4.79 Å². The highest BCUT2D eigenvalue weighted by molar-refractivity contribution is 6.30. The Kier molecular flexibility index (Phi) is 3.99. The van der Waals surface area contributed by atoms with Gasteiger partial charge in [0, 0.05) is 23.7 Å². The minimum absolute atomic E-state index is 0.0225. The largest absolute Gasteiger partial charge is 0.427 e. The number of rotatable bonds is 3. The van der Waals surface area contributed by atoms with Gasteiger partial charge >= 0.3 is 5.97 Å². The summed E-state index contributed by atoms with van der Waals surface area (Å²) in [4.78, 5) is 22.2. The molecule has 0 aliphatic rings. The summed E-state index contributed by atoms with van der Waals surface area (Å²) in [6.45, 7) is 2.98. The van der Waals surface area contributed by atoms with E-state index in [-0.39, 0.29) is 5.69 Å². The van der Waals surface area contributed by atoms with Crippen molar-refractivity contribution in [3.05, 3.63) is 63.3 Å². The molecule has 6 nitrogen and oxygen atoms in total. The Morgan fingerprint density at radius 1 is 1.21 bits per heavy atom. The SMILES string of the molecule is CC(=O)Oc1ccc2c([N+](=O)[O-])c(C)n(-c3ccc(Cl)cc3)c2c1. The average molecular weight is 345 g/mol. The maximum Gasteiger partial charge on any atom is 0.308 e. The molecule has 0 bridgehead atoms. The van der Waals surface area contributed by atoms with Gasteiger partial charge in [0.05, 0.1) is 21.5 Å². The van der Waals surface area contributed by atoms with E-state index in [0.717, 1.165) is 5.69 Å². The summed E-state index contributed by atoms with van der Waals surface area (Å²) in [5.74, 6) is -0.122. The van der Waals surface area contributed by atoms with E-state index >= 15 is 0 Å². The Morgan fingerprint density at radius 2 is 1.88 bits per heavy atom. The second-order valence-corrected chi connectivity index (χ2v) is 5.71. The molecule has 0 atom stereocenters. The van der Waals surface area contributed by atoms with Gasteiger partial charge in [0.1, 0.15) is 5.75 Å². The minimum Gasteiger partial charge on any atom is -0.427 e. The van der Waals surface area contributed by atoms with Crippen LogP contribution in [0.2, 0.25) is 5.02 Å². The molecule has 2 aromatic carbocycles. The Hall–Kier alpha value is -2.86. The van der Waals surface area contributed by atoms with Crippen LogP contribution in [0.5, 0.6) is 5.75 Å². The maximum atomic E-state index is 11.5. The zero-order valence-electron chi connectivity index (χ0n) is 12.9. The fourth-order valence-corrected chi connectivity index (χ4v) is 2.89. The van der Waals surface area contributed by atoms with Crippen LogP contribution in [0.25, 0.3) is 16.6 Å². The molecule has 3 rings (SSSR count). The van der Waals surface area contributed by atoms with Crippen molar-refractivity contribution < 1.29 is 14.5 Å². The summed E-state index contributed by atoms with van der Waals surface area (Å²) in [7, 11) is 0. The van der Waals surface area contributed by atoms with Crippen LogP contribution >= 0.6 is 11.6 Å². The van der Waals surface area contributed by atoms with E-state index in [0.29, 0.717) is 27.4 Å². The third-order valence-corrected chi connectivity index (χ3v) is 3.92. The lowest BCUT2D eigenvalue weighted by Crippen LogP contribution is -2.01. The van der Waals surface area contributed by atoms with Crippen LogP contribution in [-0.4, -0.2) is 15.5 Å². The number of esters is 1. The van der Waals surface area contributed by atoms with Crippen LogP contribution in [0.4, 0.5) is 5.69 Å². The second-order valence-electron chi connectivity index (χ2n) is 5.28. The zero-order chi connectivity index (χ0) is 17.4. The minimum atomic E-state index is -0.454. The van der Waals surface area contributed by atoms with Crippen LogP contribution < -0.4 is 4.74 Å². The molecule has 24 heavy (non-hydrogen) atoms. The number of carbonyl (C=O) groups is 1. The van der Waals surface area contributed by atoms with Gasteiger partial charge in [-0.3, -0.25) is 14.9 Å². The number of nitro groups is 1. The molecule has 0 fully saturated rings. The molecule has 1 heterocycles. The number of hydrogen-bond acceptors (Lipinski definition) is 4. The maximum absolute atomic E-state index is 11.5. The number of halogens is 1. The summed E-state index contributed by atoms with van der Waals surface area (Å²) >= 11 is 5.92. The van der Waals surface area contributed by atoms with E-state index < -0.39 is 10.9 Å². The molecular weight excluding hydrogens is 332 g/mol. The molecule has 7 heteroatoms. The van der Waals surface area contributed by atoms with Crippen LogP contribution in [0.15, 0.2) is 42.5 Å². The summed E-state index contributed by atoms with van der Waals surface area (Å²) < 4.78 is 6.85. The highest BCUT2D eigenvalue weighted by atomic mass is 35.5. The van der Waals surface area contributed by atoms with Gasteiger partial charge in [-0.05, 0) is 43.3 Å². The van der Waals surface area contributed by atoms with Crippen molar-refractivity contribution in [2.24, 2.45) is 0 Å². The van der Waals surface area contributed by atoms with Crippen LogP contribution in [0.1, 0.15) is 12.6 Å². The first kappa shape index (κ1) is 16.0. The molecular formula is C17H13ClN2O4. The summed E-state index contributed by atoms with van der Waals surface area (Å²) in [6.07, 6.45) is 0. The molecule has 0 spiro atoms. The van der Waals surface area contributed by atoms with E-state index in [1.54, 1.807) is 54.0 Å². The standard InChI is InChI=1S/C17H13ClN2O4/c1-10-17(20(22)23)15-8-7-14(24-11(2)21)9-16(15)19(10)13-5-3-12(18)4-6-13/h3-9H,1-2H3. The number of hydrogen-bond donors (Lipinski definition) is 0. The van der Waals surface area contributed by atoms with Crippen molar-refractivity contribution in [1.82, 2.24) is 4.57 Å². The third kappa shape index (κ3) is 2.72. The molecule has 0 saturated heterocycles. The lowest BCUT2D eigenvalue weighted by Gasteiger charge is -2.08. The lowest BCUT2D eigenvalue weighted by atomic mass is 10.2. The summed E-state index contributed by atoms with van der Waals surface area (Å²) in [5.41, 5.74) is 1.82. The number of fused-ring (bicyclic) bond motifs is 1. The number of nitrogens with zero attached hydrogens (tertiary/aromatic N) is 2. The van der Waals surface area contributed by atoms with E-state index in [1.165, 1.54) is 6.92 Å². The average Bonchev–Trinajstić information content (AvgIpc) is 2.79. The van der Waals surface area contributed by atoms with Crippen molar-refractivity contribution in [2.45, 2.75) is 13.8 Å². The first-order chi connectivity index (χ1) is 11.4. The topological polar surface area (TPSA) is 74.4 Å². The molecule has 0 amide bonds. The Bertz CT molecular complexity index is 961. The van der Waals surface area contributed by atoms with Crippen molar-refractivity contribution in [2.75, 3.05) is 0 Å². The summed E-state index contributed by atoms with van der Waals surface area (Å²) in [6, 6.07) is 11.7. The molecule has 0 aliphatic heterocycles. The number of benzene rings is 2. The van der Waals surface area contributed by atoms with Crippen molar-refractivity contribution in [1.29, 1.82) is 0 Å². The number of ether oxygens (including phenoxy) is 1. The first-order valence-electron chi connectivity index (χ1n) is 7.12. The van der Waals surface area contributed by atoms with E-state index in [9.17, 15) is 14.9 Å². The zero-order valence-corrected chi connectivity index (χ0v) is 13.7. The van der Waals surface area contributed by atoms with Crippen molar-refractivity contribution in [3.63, 3.8) is 0 Å². The highest BCUT2D eigenvalue weighted by Gasteiger charge is 2.24. The molecule has 0 saturated carbocycles. The van der Waals surface area contributed by atoms with E-state index in [4.69, 9.17) is 16.3 Å². The molecule has 0 radical (unpaired) electrons. The molecule has 122 valence electrons. The monoisotopic (exact) mass is 344 g/mol. The normalized spacial score (nSPS) is 10.8. The molecule has 0 aliphatic carbocycles. The Morgan fingerprint density at radius 3 is 2.46 bits per heavy atom. The number of aromatic nitrogens is 1. The molecule has 1 aromatic heterocycles. The molecule has 0 N–H and O–H groups in total. The third-order valence-electron chi connectivity index (χ3n) is 3.67. The highest BCUT2D eigenvalue weighted by Crippen LogP contribution is 2.36. The van der Waals surface area contributed by atoms with Gasteiger partial charge in [0.15, 0.2) is 0 Å². The van der Waals surface area contributed by atoms with Gasteiger partial charge in [-0.25, -0.2) is 0 Å². The van der Waals surface area contributed by atoms with Crippen molar-refractivity contribution in [3.8, 4) is 11.4 Å². The van der Waals surface area contributed by atoms with Crippen molar-refractivity contribution >= 4 is 34.2 Å². The van der Waals surface area contributed by atoms with Gasteiger partial charge < -0.3 is 9.30 Å². The van der Waals surface area contributed by atoms with E-state index in [1.807, 2.05) is 0 Å². The number of carbonyl (C=O) groups excluding carboxylic acids is 1. The Balaban J connectivity index is 2.32. The fraction of sp³-hybridized carbons (Fsp3) is 0.118. The predicted octanol–water partition coefficient (Wildman–Crippen LogP) is 4.43. The lowest BCUT2D eigenvalue weighted by molar-refractivity contribution is -0.383. The predicted molar refractivity (Wildman–Crippen MR) is 91.0 cm³/mol. The van der Waals surface area contributed by atoms with Gasteiger partial charge in [-0.15, -0.1) is 0 Å². The van der Waals surface area contributed by atoms with Gasteiger partial charge in [-0.2, -0.15) is 0 Å². The van der Waals surface area contributed by atoms with E-state index in [2.05, 4.69) is 0 Å².